The topological polar surface area (TPSA) is 165 Å². The largest absolute Gasteiger partial charge is 0.478 e. The number of aliphatic hydroxyl groups is 3. The molecule has 10 heteroatoms. The van der Waals surface area contributed by atoms with Gasteiger partial charge in [-0.1, -0.05) is 0 Å². The van der Waals surface area contributed by atoms with Crippen molar-refractivity contribution < 1.29 is 39.5 Å². The molecule has 0 bridgehead atoms. The minimum Gasteiger partial charge on any atom is -0.478 e. The van der Waals surface area contributed by atoms with Gasteiger partial charge in [0.2, 0.25) is 17.6 Å². The Kier molecular flexibility index (Phi) is 6.49. The van der Waals surface area contributed by atoms with Gasteiger partial charge in [0, 0.05) is 13.8 Å². The third-order valence-electron chi connectivity index (χ3n) is 3.20. The van der Waals surface area contributed by atoms with E-state index in [1.54, 1.807) is 0 Å². The maximum absolute atomic E-state index is 11.4. The summed E-state index contributed by atoms with van der Waals surface area (Å²) in [6.07, 6.45) is -3.63. The number of hydrogen-bond donors (Lipinski definition) is 6. The van der Waals surface area contributed by atoms with E-state index in [1.165, 1.54) is 13.8 Å². The van der Waals surface area contributed by atoms with Crippen molar-refractivity contribution in [3.05, 3.63) is 11.8 Å². The number of aliphatic carboxylic acids is 1. The molecular weight excluding hydrogens is 312 g/mol. The fraction of sp³-hybridized carbons (Fsp3) is 0.615. The molecule has 1 unspecified atom stereocenters. The lowest BCUT2D eigenvalue weighted by Gasteiger charge is -2.39. The number of carboxylic acids is 1. The van der Waals surface area contributed by atoms with Crippen LogP contribution in [0.3, 0.4) is 0 Å². The number of rotatable bonds is 6. The highest BCUT2D eigenvalue weighted by molar-refractivity contribution is 5.85. The second kappa shape index (κ2) is 7.90. The van der Waals surface area contributed by atoms with Crippen molar-refractivity contribution in [2.75, 3.05) is 6.61 Å². The molecule has 0 fully saturated rings. The maximum Gasteiger partial charge on any atom is 0.370 e. The average molecular weight is 332 g/mol. The third kappa shape index (κ3) is 4.91. The van der Waals surface area contributed by atoms with Crippen LogP contribution < -0.4 is 10.6 Å². The van der Waals surface area contributed by atoms with E-state index in [-0.39, 0.29) is 0 Å². The van der Waals surface area contributed by atoms with Crippen LogP contribution in [0, 0.1) is 0 Å². The zero-order chi connectivity index (χ0) is 17.7. The van der Waals surface area contributed by atoms with E-state index in [0.717, 1.165) is 6.08 Å². The Bertz CT molecular complexity index is 506. The Morgan fingerprint density at radius 3 is 2.22 bits per heavy atom. The summed E-state index contributed by atoms with van der Waals surface area (Å²) in [6, 6.07) is -2.03. The van der Waals surface area contributed by atoms with Gasteiger partial charge in [0.05, 0.1) is 18.7 Å². The Hall–Kier alpha value is -2.17. The van der Waals surface area contributed by atoms with Crippen molar-refractivity contribution in [1.29, 1.82) is 0 Å². The second-order valence-corrected chi connectivity index (χ2v) is 5.11. The van der Waals surface area contributed by atoms with Gasteiger partial charge >= 0.3 is 5.97 Å². The molecule has 10 nitrogen and oxygen atoms in total. The van der Waals surface area contributed by atoms with Crippen LogP contribution in [0.1, 0.15) is 13.8 Å². The number of nitrogens with one attached hydrogen (secondary N) is 2. The van der Waals surface area contributed by atoms with Crippen LogP contribution in [0.2, 0.25) is 0 Å². The summed E-state index contributed by atoms with van der Waals surface area (Å²) in [5.74, 6) is -3.02. The first-order valence-electron chi connectivity index (χ1n) is 6.80. The summed E-state index contributed by atoms with van der Waals surface area (Å²) in [4.78, 5) is 33.8. The van der Waals surface area contributed by atoms with Gasteiger partial charge in [-0.05, 0) is 6.08 Å². The number of hydrogen-bond acceptors (Lipinski definition) is 7. The SMILES string of the molecule is CC(=O)N[C@H]1[C@H]([C@H](O)C(O)CO)OC(C(=O)O)=C[C@@H]1NC(C)=O. The van der Waals surface area contributed by atoms with Gasteiger partial charge in [-0.15, -0.1) is 0 Å². The van der Waals surface area contributed by atoms with Crippen LogP contribution in [0.4, 0.5) is 0 Å². The smallest absolute Gasteiger partial charge is 0.370 e. The molecule has 0 aromatic heterocycles. The maximum atomic E-state index is 11.4. The van der Waals surface area contributed by atoms with E-state index in [4.69, 9.17) is 14.9 Å². The normalized spacial score (nSPS) is 26.3. The molecule has 0 saturated heterocycles. The van der Waals surface area contributed by atoms with E-state index >= 15 is 0 Å². The van der Waals surface area contributed by atoms with Crippen LogP contribution in [-0.4, -0.2) is 75.2 Å². The van der Waals surface area contributed by atoms with E-state index in [2.05, 4.69) is 10.6 Å². The van der Waals surface area contributed by atoms with Gasteiger partial charge in [-0.3, -0.25) is 9.59 Å². The summed E-state index contributed by atoms with van der Waals surface area (Å²) < 4.78 is 5.13. The van der Waals surface area contributed by atoms with Gasteiger partial charge in [0.25, 0.3) is 0 Å². The predicted molar refractivity (Wildman–Crippen MR) is 74.9 cm³/mol. The van der Waals surface area contributed by atoms with Crippen molar-refractivity contribution in [2.24, 2.45) is 0 Å². The van der Waals surface area contributed by atoms with Crippen molar-refractivity contribution >= 4 is 17.8 Å². The summed E-state index contributed by atoms with van der Waals surface area (Å²) in [5.41, 5.74) is 0. The second-order valence-electron chi connectivity index (χ2n) is 5.11. The molecule has 0 radical (unpaired) electrons. The molecule has 23 heavy (non-hydrogen) atoms. The molecule has 2 amide bonds. The molecule has 0 spiro atoms. The van der Waals surface area contributed by atoms with Gasteiger partial charge < -0.3 is 35.8 Å². The van der Waals surface area contributed by atoms with E-state index in [9.17, 15) is 24.6 Å². The molecular formula is C13H20N2O8. The van der Waals surface area contributed by atoms with Crippen LogP contribution in [0.5, 0.6) is 0 Å². The molecule has 6 N–H and O–H groups in total. The first-order chi connectivity index (χ1) is 10.7. The first-order valence-corrected chi connectivity index (χ1v) is 6.80. The van der Waals surface area contributed by atoms with E-state index in [1.807, 2.05) is 0 Å². The minimum atomic E-state index is -1.70. The molecule has 0 aromatic carbocycles. The lowest BCUT2D eigenvalue weighted by Crippen LogP contribution is -2.63. The van der Waals surface area contributed by atoms with Gasteiger partial charge in [-0.2, -0.15) is 0 Å². The zero-order valence-electron chi connectivity index (χ0n) is 12.6. The molecule has 1 heterocycles. The Balaban J connectivity index is 3.22. The Morgan fingerprint density at radius 1 is 1.22 bits per heavy atom. The van der Waals surface area contributed by atoms with Gasteiger partial charge in [0.15, 0.2) is 0 Å². The number of carboxylic acid groups (broad SMARTS) is 1. The first kappa shape index (κ1) is 18.9. The molecule has 0 aromatic rings. The highest BCUT2D eigenvalue weighted by Gasteiger charge is 2.43. The number of carbonyl (C=O) groups excluding carboxylic acids is 2. The highest BCUT2D eigenvalue weighted by Crippen LogP contribution is 2.23. The predicted octanol–water partition coefficient (Wildman–Crippen LogP) is -2.92. The summed E-state index contributed by atoms with van der Waals surface area (Å²) in [7, 11) is 0. The quantitative estimate of drug-likeness (QED) is 0.301. The fourth-order valence-corrected chi connectivity index (χ4v) is 2.23. The number of ether oxygens (including phenoxy) is 1. The van der Waals surface area contributed by atoms with Crippen LogP contribution in [-0.2, 0) is 19.1 Å². The monoisotopic (exact) mass is 332 g/mol. The molecule has 5 atom stereocenters. The lowest BCUT2D eigenvalue weighted by molar-refractivity contribution is -0.147. The number of aliphatic hydroxyl groups excluding tert-OH is 3. The Labute approximate surface area is 131 Å². The molecule has 0 aliphatic carbocycles. The number of amides is 2. The molecule has 130 valence electrons. The van der Waals surface area contributed by atoms with Crippen molar-refractivity contribution in [1.82, 2.24) is 10.6 Å². The number of carbonyl (C=O) groups is 3. The Morgan fingerprint density at radius 2 is 1.78 bits per heavy atom. The van der Waals surface area contributed by atoms with E-state index in [0.29, 0.717) is 0 Å². The van der Waals surface area contributed by atoms with Gasteiger partial charge in [-0.25, -0.2) is 4.79 Å². The van der Waals surface area contributed by atoms with Crippen molar-refractivity contribution in [2.45, 2.75) is 44.2 Å². The summed E-state index contributed by atoms with van der Waals surface area (Å²) in [5, 5.41) is 42.5. The average Bonchev–Trinajstić information content (AvgIpc) is 2.45. The standard InChI is InChI=1S/C13H20N2O8/c1-5(17)14-7-3-9(13(21)22)23-12(10(7)15-6(2)18)11(20)8(19)4-16/h3,7-8,10-12,16,19-20H,4H2,1-2H3,(H,14,17)(H,15,18)(H,21,22)/t7-,8?,10+,11+,12+/m0/s1. The summed E-state index contributed by atoms with van der Waals surface area (Å²) >= 11 is 0. The van der Waals surface area contributed by atoms with Crippen LogP contribution in [0.25, 0.3) is 0 Å². The molecule has 1 aliphatic heterocycles. The van der Waals surface area contributed by atoms with Gasteiger partial charge in [0.1, 0.15) is 18.3 Å². The van der Waals surface area contributed by atoms with Crippen LogP contribution >= 0.6 is 0 Å². The van der Waals surface area contributed by atoms with Crippen molar-refractivity contribution in [3.8, 4) is 0 Å². The summed E-state index contributed by atoms with van der Waals surface area (Å²) in [6.45, 7) is 1.58. The fourth-order valence-electron chi connectivity index (χ4n) is 2.23. The van der Waals surface area contributed by atoms with Crippen LogP contribution in [0.15, 0.2) is 11.8 Å². The van der Waals surface area contributed by atoms with E-state index < -0.39 is 60.5 Å². The molecule has 1 rings (SSSR count). The molecule has 0 saturated carbocycles. The molecule has 1 aliphatic rings. The lowest BCUT2D eigenvalue weighted by atomic mass is 9.92. The van der Waals surface area contributed by atoms with Crippen molar-refractivity contribution in [3.63, 3.8) is 0 Å². The third-order valence-corrected chi connectivity index (χ3v) is 3.20. The zero-order valence-corrected chi connectivity index (χ0v) is 12.6. The minimum absolute atomic E-state index is 0.496. The highest BCUT2D eigenvalue weighted by atomic mass is 16.5.